The first kappa shape index (κ1) is 10.8. The molecule has 0 aromatic heterocycles. The average molecular weight is 251 g/mol. The molecule has 1 aliphatic carbocycles. The summed E-state index contributed by atoms with van der Waals surface area (Å²) in [4.78, 5) is 24.9. The van der Waals surface area contributed by atoms with E-state index in [0.29, 0.717) is 30.5 Å². The van der Waals surface area contributed by atoms with Gasteiger partial charge in [-0.15, -0.1) is 0 Å². The van der Waals surface area contributed by atoms with E-state index in [1.54, 1.807) is 0 Å². The number of rotatable bonds is 2. The fourth-order valence-corrected chi connectivity index (χ4v) is 4.12. The lowest BCUT2D eigenvalue weighted by molar-refractivity contribution is -0.141. The fourth-order valence-electron chi connectivity index (χ4n) is 4.12. The minimum atomic E-state index is -0.823. The number of carboxylic acid groups (broad SMARTS) is 1. The zero-order chi connectivity index (χ0) is 12.4. The molecule has 18 heavy (non-hydrogen) atoms. The number of carbonyl (C=O) groups is 2. The molecule has 2 bridgehead atoms. The van der Waals surface area contributed by atoms with Gasteiger partial charge in [-0.05, 0) is 19.3 Å². The van der Waals surface area contributed by atoms with Gasteiger partial charge in [0, 0.05) is 24.9 Å². The van der Waals surface area contributed by atoms with Gasteiger partial charge in [0.05, 0.1) is 24.0 Å². The molecule has 3 heterocycles. The Balaban J connectivity index is 1.43. The summed E-state index contributed by atoms with van der Waals surface area (Å²) in [7, 11) is 0. The van der Waals surface area contributed by atoms with E-state index in [1.165, 1.54) is 0 Å². The maximum atomic E-state index is 12.2. The monoisotopic (exact) mass is 251 g/mol. The molecule has 5 heteroatoms. The number of carboxylic acids is 1. The van der Waals surface area contributed by atoms with Crippen LogP contribution in [-0.2, 0) is 14.3 Å². The Kier molecular flexibility index (Phi) is 2.08. The van der Waals surface area contributed by atoms with E-state index in [-0.39, 0.29) is 11.8 Å². The first-order chi connectivity index (χ1) is 8.65. The summed E-state index contributed by atoms with van der Waals surface area (Å²) < 4.78 is 5.87. The lowest BCUT2D eigenvalue weighted by Crippen LogP contribution is -2.33. The predicted molar refractivity (Wildman–Crippen MR) is 60.7 cm³/mol. The van der Waals surface area contributed by atoms with Crippen LogP contribution in [0.25, 0.3) is 0 Å². The van der Waals surface area contributed by atoms with E-state index in [1.807, 2.05) is 4.90 Å². The number of carbonyl (C=O) groups excluding carboxylic acids is 1. The molecule has 0 radical (unpaired) electrons. The Hall–Kier alpha value is -1.10. The third kappa shape index (κ3) is 1.37. The summed E-state index contributed by atoms with van der Waals surface area (Å²) in [5.41, 5.74) is 0. The van der Waals surface area contributed by atoms with E-state index in [4.69, 9.17) is 9.84 Å². The fraction of sp³-hybridized carbons (Fsp3) is 0.846. The SMILES string of the molecule is O=C(O)C1CC1C(=O)N1CC2C3CCC(O3)C2C1. The van der Waals surface area contributed by atoms with Crippen molar-refractivity contribution in [1.29, 1.82) is 0 Å². The first-order valence-corrected chi connectivity index (χ1v) is 6.82. The number of amides is 1. The molecule has 0 aromatic carbocycles. The van der Waals surface area contributed by atoms with Crippen LogP contribution in [0.2, 0.25) is 0 Å². The van der Waals surface area contributed by atoms with Crippen LogP contribution in [0.1, 0.15) is 19.3 Å². The Morgan fingerprint density at radius 1 is 1.06 bits per heavy atom. The van der Waals surface area contributed by atoms with Gasteiger partial charge < -0.3 is 14.7 Å². The van der Waals surface area contributed by atoms with Gasteiger partial charge in [-0.1, -0.05) is 0 Å². The summed E-state index contributed by atoms with van der Waals surface area (Å²) in [5, 5.41) is 8.88. The van der Waals surface area contributed by atoms with Crippen LogP contribution >= 0.6 is 0 Å². The number of aliphatic carboxylic acids is 1. The minimum Gasteiger partial charge on any atom is -0.481 e. The molecule has 4 fully saturated rings. The standard InChI is InChI=1S/C13H17NO4/c15-12(6-3-7(6)13(16)17)14-4-8-9(5-14)11-2-1-10(8)18-11/h6-11H,1-5H2,(H,16,17). The number of hydrogen-bond donors (Lipinski definition) is 1. The number of ether oxygens (including phenoxy) is 1. The van der Waals surface area contributed by atoms with Gasteiger partial charge in [0.15, 0.2) is 0 Å². The molecule has 4 aliphatic rings. The molecule has 0 spiro atoms. The summed E-state index contributed by atoms with van der Waals surface area (Å²) in [6.45, 7) is 1.57. The van der Waals surface area contributed by atoms with Crippen LogP contribution in [0.3, 0.4) is 0 Å². The number of hydrogen-bond acceptors (Lipinski definition) is 3. The normalized spacial score (nSPS) is 48.3. The Morgan fingerprint density at radius 3 is 2.17 bits per heavy atom. The highest BCUT2D eigenvalue weighted by atomic mass is 16.5. The summed E-state index contributed by atoms with van der Waals surface area (Å²) in [6.07, 6.45) is 3.51. The second-order valence-electron chi connectivity index (χ2n) is 6.15. The van der Waals surface area contributed by atoms with Crippen molar-refractivity contribution < 1.29 is 19.4 Å². The predicted octanol–water partition coefficient (Wildman–Crippen LogP) is 0.343. The molecule has 6 atom stereocenters. The van der Waals surface area contributed by atoms with Gasteiger partial charge in [-0.3, -0.25) is 9.59 Å². The smallest absolute Gasteiger partial charge is 0.307 e. The second-order valence-corrected chi connectivity index (χ2v) is 6.15. The highest BCUT2D eigenvalue weighted by molar-refractivity contribution is 5.89. The number of likely N-dealkylation sites (tertiary alicyclic amines) is 1. The molecule has 1 N–H and O–H groups in total. The van der Waals surface area contributed by atoms with E-state index < -0.39 is 11.9 Å². The van der Waals surface area contributed by atoms with Crippen molar-refractivity contribution in [2.45, 2.75) is 31.5 Å². The Morgan fingerprint density at radius 2 is 1.67 bits per heavy atom. The van der Waals surface area contributed by atoms with Gasteiger partial charge in [-0.2, -0.15) is 0 Å². The molecule has 98 valence electrons. The van der Waals surface area contributed by atoms with Crippen molar-refractivity contribution in [3.05, 3.63) is 0 Å². The zero-order valence-corrected chi connectivity index (χ0v) is 10.1. The molecule has 3 aliphatic heterocycles. The van der Waals surface area contributed by atoms with Gasteiger partial charge >= 0.3 is 5.97 Å². The molecule has 0 aromatic rings. The lowest BCUT2D eigenvalue weighted by Gasteiger charge is -2.18. The molecular formula is C13H17NO4. The van der Waals surface area contributed by atoms with Crippen LogP contribution < -0.4 is 0 Å². The quantitative estimate of drug-likeness (QED) is 0.768. The van der Waals surface area contributed by atoms with E-state index >= 15 is 0 Å². The van der Waals surface area contributed by atoms with Crippen LogP contribution in [0.15, 0.2) is 0 Å². The van der Waals surface area contributed by atoms with Gasteiger partial charge in [0.25, 0.3) is 0 Å². The van der Waals surface area contributed by atoms with Crippen LogP contribution in [0.5, 0.6) is 0 Å². The van der Waals surface area contributed by atoms with Crippen LogP contribution in [0, 0.1) is 23.7 Å². The van der Waals surface area contributed by atoms with Crippen molar-refractivity contribution in [2.75, 3.05) is 13.1 Å². The zero-order valence-electron chi connectivity index (χ0n) is 10.1. The van der Waals surface area contributed by atoms with Gasteiger partial charge in [0.1, 0.15) is 0 Å². The highest BCUT2D eigenvalue weighted by Crippen LogP contribution is 2.49. The Labute approximate surface area is 105 Å². The van der Waals surface area contributed by atoms with Gasteiger partial charge in [0.2, 0.25) is 5.91 Å². The van der Waals surface area contributed by atoms with Crippen LogP contribution in [-0.4, -0.2) is 47.2 Å². The molecule has 4 rings (SSSR count). The van der Waals surface area contributed by atoms with Crippen molar-refractivity contribution in [1.82, 2.24) is 4.90 Å². The molecule has 5 nitrogen and oxygen atoms in total. The maximum Gasteiger partial charge on any atom is 0.307 e. The number of nitrogens with zero attached hydrogens (tertiary/aromatic N) is 1. The average Bonchev–Trinajstić information content (AvgIpc) is 2.73. The van der Waals surface area contributed by atoms with E-state index in [0.717, 1.165) is 25.9 Å². The molecule has 3 saturated heterocycles. The highest BCUT2D eigenvalue weighted by Gasteiger charge is 2.56. The van der Waals surface area contributed by atoms with Crippen molar-refractivity contribution in [3.63, 3.8) is 0 Å². The summed E-state index contributed by atoms with van der Waals surface area (Å²) >= 11 is 0. The molecular weight excluding hydrogens is 234 g/mol. The third-order valence-corrected chi connectivity index (χ3v) is 5.19. The van der Waals surface area contributed by atoms with E-state index in [2.05, 4.69) is 0 Å². The minimum absolute atomic E-state index is 0.0659. The van der Waals surface area contributed by atoms with Crippen LogP contribution in [0.4, 0.5) is 0 Å². The topological polar surface area (TPSA) is 66.8 Å². The Bertz CT molecular complexity index is 405. The van der Waals surface area contributed by atoms with Crippen molar-refractivity contribution in [2.24, 2.45) is 23.7 Å². The van der Waals surface area contributed by atoms with Gasteiger partial charge in [-0.25, -0.2) is 0 Å². The largest absolute Gasteiger partial charge is 0.481 e. The second kappa shape index (κ2) is 3.47. The molecule has 6 unspecified atom stereocenters. The van der Waals surface area contributed by atoms with E-state index in [9.17, 15) is 9.59 Å². The van der Waals surface area contributed by atoms with Crippen molar-refractivity contribution in [3.8, 4) is 0 Å². The van der Waals surface area contributed by atoms with Crippen molar-refractivity contribution >= 4 is 11.9 Å². The third-order valence-electron chi connectivity index (χ3n) is 5.19. The molecule has 1 amide bonds. The lowest BCUT2D eigenvalue weighted by atomic mass is 9.82. The summed E-state index contributed by atoms with van der Waals surface area (Å²) in [6, 6.07) is 0. The maximum absolute atomic E-state index is 12.2. The first-order valence-electron chi connectivity index (χ1n) is 6.82. The number of fused-ring (bicyclic) bond motifs is 5. The summed E-state index contributed by atoms with van der Waals surface area (Å²) in [5.74, 6) is -0.414. The molecule has 1 saturated carbocycles.